The summed E-state index contributed by atoms with van der Waals surface area (Å²) >= 11 is 0. The minimum Gasteiger partial charge on any atom is -0.490 e. The number of halogens is 2. The summed E-state index contributed by atoms with van der Waals surface area (Å²) in [5.74, 6) is 1.35. The fraction of sp³-hybridized carbons (Fsp3) is 0.562. The van der Waals surface area contributed by atoms with Gasteiger partial charge >= 0.3 is 0 Å². The number of hydrogen-bond donors (Lipinski definition) is 2. The number of anilines is 1. The second kappa shape index (κ2) is 12.2. The summed E-state index contributed by atoms with van der Waals surface area (Å²) in [7, 11) is 0. The van der Waals surface area contributed by atoms with Crippen molar-refractivity contribution in [3.8, 4) is 11.5 Å². The van der Waals surface area contributed by atoms with Crippen molar-refractivity contribution in [2.45, 2.75) is 13.8 Å². The highest BCUT2D eigenvalue weighted by molar-refractivity contribution is 5.92. The van der Waals surface area contributed by atoms with Gasteiger partial charge in [-0.1, -0.05) is 0 Å². The molecule has 2 N–H and O–H groups in total. The van der Waals surface area contributed by atoms with Crippen LogP contribution in [0, 0.1) is 0 Å². The summed E-state index contributed by atoms with van der Waals surface area (Å²) in [5.41, 5.74) is 0.729. The third kappa shape index (κ3) is 7.13. The Balaban J connectivity index is 0.00000264. The lowest BCUT2D eigenvalue weighted by Gasteiger charge is -2.26. The standard InChI is InChI=1S/C16H25N3O3.2ClH/c1-3-21-14-6-5-13(11-15(14)22-4-2)18-16(20)12-19-9-7-17-8-10-19;;/h5-6,11,17H,3-4,7-10,12H2,1-2H3,(H,18,20);2*1H. The Morgan fingerprint density at radius 2 is 1.75 bits per heavy atom. The molecule has 0 atom stereocenters. The normalized spacial score (nSPS) is 14.1. The SMILES string of the molecule is CCOc1ccc(NC(=O)CN2CCNCC2)cc1OCC.Cl.Cl. The number of carbonyl (C=O) groups excluding carboxylic acids is 1. The van der Waals surface area contributed by atoms with Gasteiger partial charge in [-0.25, -0.2) is 0 Å². The van der Waals surface area contributed by atoms with E-state index in [1.165, 1.54) is 0 Å². The Kier molecular flexibility index (Phi) is 11.6. The van der Waals surface area contributed by atoms with E-state index in [4.69, 9.17) is 9.47 Å². The summed E-state index contributed by atoms with van der Waals surface area (Å²) in [6.07, 6.45) is 0. The maximum Gasteiger partial charge on any atom is 0.238 e. The predicted octanol–water partition coefficient (Wildman–Crippen LogP) is 2.17. The molecule has 1 heterocycles. The van der Waals surface area contributed by atoms with Crippen LogP contribution < -0.4 is 20.1 Å². The van der Waals surface area contributed by atoms with Crippen molar-refractivity contribution in [2.75, 3.05) is 51.3 Å². The third-order valence-corrected chi connectivity index (χ3v) is 3.40. The molecule has 0 radical (unpaired) electrons. The highest BCUT2D eigenvalue weighted by Crippen LogP contribution is 2.30. The van der Waals surface area contributed by atoms with E-state index in [-0.39, 0.29) is 30.7 Å². The second-order valence-corrected chi connectivity index (χ2v) is 5.10. The number of nitrogens with zero attached hydrogens (tertiary/aromatic N) is 1. The minimum absolute atomic E-state index is 0. The van der Waals surface area contributed by atoms with Crippen LogP contribution in [0.15, 0.2) is 18.2 Å². The lowest BCUT2D eigenvalue weighted by Crippen LogP contribution is -2.46. The second-order valence-electron chi connectivity index (χ2n) is 5.10. The third-order valence-electron chi connectivity index (χ3n) is 3.40. The summed E-state index contributed by atoms with van der Waals surface area (Å²) in [6.45, 7) is 9.08. The van der Waals surface area contributed by atoms with Crippen LogP contribution in [0.3, 0.4) is 0 Å². The molecule has 1 saturated heterocycles. The van der Waals surface area contributed by atoms with E-state index < -0.39 is 0 Å². The molecule has 1 aromatic carbocycles. The molecule has 0 bridgehead atoms. The maximum atomic E-state index is 12.1. The number of benzene rings is 1. The molecule has 0 unspecified atom stereocenters. The van der Waals surface area contributed by atoms with Crippen molar-refractivity contribution in [1.29, 1.82) is 0 Å². The van der Waals surface area contributed by atoms with E-state index in [2.05, 4.69) is 15.5 Å². The molecule has 1 aliphatic heterocycles. The van der Waals surface area contributed by atoms with Crippen LogP contribution in [0.25, 0.3) is 0 Å². The van der Waals surface area contributed by atoms with Crippen molar-refractivity contribution in [2.24, 2.45) is 0 Å². The number of piperazine rings is 1. The number of rotatable bonds is 7. The van der Waals surface area contributed by atoms with E-state index >= 15 is 0 Å². The van der Waals surface area contributed by atoms with Gasteiger partial charge in [0.2, 0.25) is 5.91 Å². The Hall–Kier alpha value is -1.21. The zero-order chi connectivity index (χ0) is 15.8. The largest absolute Gasteiger partial charge is 0.490 e. The van der Waals surface area contributed by atoms with Gasteiger partial charge in [0.15, 0.2) is 11.5 Å². The van der Waals surface area contributed by atoms with Crippen LogP contribution in [-0.4, -0.2) is 56.7 Å². The van der Waals surface area contributed by atoms with Crippen LogP contribution in [-0.2, 0) is 4.79 Å². The fourth-order valence-electron chi connectivity index (χ4n) is 2.40. The molecular formula is C16H27Cl2N3O3. The number of amides is 1. The smallest absolute Gasteiger partial charge is 0.238 e. The monoisotopic (exact) mass is 379 g/mol. The van der Waals surface area contributed by atoms with Gasteiger partial charge in [0, 0.05) is 37.9 Å². The number of ether oxygens (including phenoxy) is 2. The lowest BCUT2D eigenvalue weighted by atomic mass is 10.2. The Morgan fingerprint density at radius 1 is 1.12 bits per heavy atom. The zero-order valence-corrected chi connectivity index (χ0v) is 15.8. The molecule has 0 aromatic heterocycles. The molecule has 6 nitrogen and oxygen atoms in total. The van der Waals surface area contributed by atoms with Crippen molar-refractivity contribution >= 4 is 36.4 Å². The average Bonchev–Trinajstić information content (AvgIpc) is 2.51. The van der Waals surface area contributed by atoms with Crippen LogP contribution >= 0.6 is 24.8 Å². The molecular weight excluding hydrogens is 353 g/mol. The minimum atomic E-state index is -0.00601. The highest BCUT2D eigenvalue weighted by atomic mass is 35.5. The van der Waals surface area contributed by atoms with Gasteiger partial charge in [-0.3, -0.25) is 9.69 Å². The van der Waals surface area contributed by atoms with E-state index in [0.717, 1.165) is 31.9 Å². The molecule has 24 heavy (non-hydrogen) atoms. The molecule has 1 amide bonds. The van der Waals surface area contributed by atoms with Gasteiger partial charge in [0.25, 0.3) is 0 Å². The lowest BCUT2D eigenvalue weighted by molar-refractivity contribution is -0.117. The number of hydrogen-bond acceptors (Lipinski definition) is 5. The van der Waals surface area contributed by atoms with Crippen molar-refractivity contribution in [1.82, 2.24) is 10.2 Å². The van der Waals surface area contributed by atoms with E-state index in [1.54, 1.807) is 0 Å². The molecule has 138 valence electrons. The summed E-state index contributed by atoms with van der Waals surface area (Å²) in [4.78, 5) is 14.3. The zero-order valence-electron chi connectivity index (χ0n) is 14.2. The summed E-state index contributed by atoms with van der Waals surface area (Å²) < 4.78 is 11.1. The van der Waals surface area contributed by atoms with Crippen molar-refractivity contribution in [3.63, 3.8) is 0 Å². The van der Waals surface area contributed by atoms with Gasteiger partial charge in [-0.2, -0.15) is 0 Å². The highest BCUT2D eigenvalue weighted by Gasteiger charge is 2.14. The molecule has 2 rings (SSSR count). The van der Waals surface area contributed by atoms with Crippen molar-refractivity contribution < 1.29 is 14.3 Å². The molecule has 0 spiro atoms. The fourth-order valence-corrected chi connectivity index (χ4v) is 2.40. The topological polar surface area (TPSA) is 62.8 Å². The molecule has 1 aliphatic rings. The summed E-state index contributed by atoms with van der Waals surface area (Å²) in [6, 6.07) is 5.47. The molecule has 1 aromatic rings. The maximum absolute atomic E-state index is 12.1. The Labute approximate surface area is 156 Å². The first-order valence-electron chi connectivity index (χ1n) is 7.85. The Morgan fingerprint density at radius 3 is 2.38 bits per heavy atom. The molecule has 0 aliphatic carbocycles. The van der Waals surface area contributed by atoms with Crippen LogP contribution in [0.4, 0.5) is 5.69 Å². The van der Waals surface area contributed by atoms with Crippen molar-refractivity contribution in [3.05, 3.63) is 18.2 Å². The van der Waals surface area contributed by atoms with Gasteiger partial charge in [0.1, 0.15) is 0 Å². The quantitative estimate of drug-likeness (QED) is 0.759. The van der Waals surface area contributed by atoms with Crippen LogP contribution in [0.5, 0.6) is 11.5 Å². The average molecular weight is 380 g/mol. The summed E-state index contributed by atoms with van der Waals surface area (Å²) in [5, 5.41) is 6.19. The van der Waals surface area contributed by atoms with Gasteiger partial charge in [-0.05, 0) is 26.0 Å². The van der Waals surface area contributed by atoms with E-state index in [0.29, 0.717) is 31.3 Å². The van der Waals surface area contributed by atoms with Crippen LogP contribution in [0.1, 0.15) is 13.8 Å². The molecule has 0 saturated carbocycles. The van der Waals surface area contributed by atoms with Gasteiger partial charge in [0.05, 0.1) is 19.8 Å². The molecule has 1 fully saturated rings. The first-order chi connectivity index (χ1) is 10.7. The number of nitrogens with one attached hydrogen (secondary N) is 2. The Bertz CT molecular complexity index is 497. The first kappa shape index (κ1) is 22.8. The predicted molar refractivity (Wildman–Crippen MR) is 101 cm³/mol. The van der Waals surface area contributed by atoms with Gasteiger partial charge in [-0.15, -0.1) is 24.8 Å². The number of carbonyl (C=O) groups is 1. The van der Waals surface area contributed by atoms with Crippen LogP contribution in [0.2, 0.25) is 0 Å². The van der Waals surface area contributed by atoms with E-state index in [9.17, 15) is 4.79 Å². The van der Waals surface area contributed by atoms with Gasteiger partial charge < -0.3 is 20.1 Å². The van der Waals surface area contributed by atoms with E-state index in [1.807, 2.05) is 32.0 Å². The first-order valence-corrected chi connectivity index (χ1v) is 7.85. The molecule has 8 heteroatoms.